The molecule has 1 aromatic rings. The lowest BCUT2D eigenvalue weighted by Crippen LogP contribution is -2.38. The van der Waals surface area contributed by atoms with E-state index < -0.39 is 11.1 Å². The summed E-state index contributed by atoms with van der Waals surface area (Å²) in [6, 6.07) is 3.91. The third kappa shape index (κ3) is 5.47. The number of carbonyl (C=O) groups excluding carboxylic acids is 2. The number of aryl methyl sites for hydroxylation is 3. The number of esters is 1. The molecule has 1 atom stereocenters. The smallest absolute Gasteiger partial charge is 0.324 e. The van der Waals surface area contributed by atoms with Crippen LogP contribution in [0, 0.1) is 20.8 Å². The van der Waals surface area contributed by atoms with Gasteiger partial charge in [0.2, 0.25) is 0 Å². The Balaban J connectivity index is 3.22. The topological polar surface area (TPSA) is 60.4 Å². The van der Waals surface area contributed by atoms with Crippen molar-refractivity contribution in [2.45, 2.75) is 78.5 Å². The zero-order chi connectivity index (χ0) is 19.2. The summed E-state index contributed by atoms with van der Waals surface area (Å²) >= 11 is 0. The molecule has 0 aliphatic rings. The molecular weight excluding hydrogens is 335 g/mol. The summed E-state index contributed by atoms with van der Waals surface area (Å²) in [6.45, 7) is 11.3. The fourth-order valence-corrected chi connectivity index (χ4v) is 3.73. The van der Waals surface area contributed by atoms with Crippen LogP contribution in [0.15, 0.2) is 12.1 Å². The van der Waals surface area contributed by atoms with Gasteiger partial charge in [0.25, 0.3) is 0 Å². The maximum absolute atomic E-state index is 13.0. The zero-order valence-electron chi connectivity index (χ0n) is 16.1. The monoisotopic (exact) mass is 364 g/mol. The quantitative estimate of drug-likeness (QED) is 0.336. The van der Waals surface area contributed by atoms with Gasteiger partial charge in [-0.25, -0.2) is 0 Å². The molecular formula is C20H29O4P. The molecule has 4 nitrogen and oxygen atoms in total. The lowest BCUT2D eigenvalue weighted by atomic mass is 9.88. The van der Waals surface area contributed by atoms with Gasteiger partial charge in [0.1, 0.15) is 0 Å². The first-order chi connectivity index (χ1) is 11.7. The van der Waals surface area contributed by atoms with Crippen molar-refractivity contribution in [1.82, 2.24) is 0 Å². The number of Topliss-reactive ketones (excluding diaryl/α,β-unsaturated/α-hetero) is 1. The van der Waals surface area contributed by atoms with Crippen molar-refractivity contribution in [3.8, 4) is 0 Å². The number of ketones is 1. The molecule has 1 unspecified atom stereocenters. The third-order valence-corrected chi connectivity index (χ3v) is 5.16. The SMILES string of the molecule is CCCCC(CC(=O)c1c(C)cc(C)cc1C)(P=O)C(=O)OC(C)C. The lowest BCUT2D eigenvalue weighted by molar-refractivity contribution is -0.150. The summed E-state index contributed by atoms with van der Waals surface area (Å²) in [7, 11) is -0.354. The lowest BCUT2D eigenvalue weighted by Gasteiger charge is -2.26. The molecule has 0 radical (unpaired) electrons. The van der Waals surface area contributed by atoms with Gasteiger partial charge < -0.3 is 4.74 Å². The Morgan fingerprint density at radius 3 is 2.16 bits per heavy atom. The maximum Gasteiger partial charge on any atom is 0.324 e. The van der Waals surface area contributed by atoms with Gasteiger partial charge in [-0.1, -0.05) is 37.5 Å². The van der Waals surface area contributed by atoms with Crippen LogP contribution in [0.4, 0.5) is 0 Å². The Hall–Kier alpha value is -1.54. The number of carbonyl (C=O) groups is 2. The van der Waals surface area contributed by atoms with Gasteiger partial charge in [-0.2, -0.15) is 0 Å². The van der Waals surface area contributed by atoms with Gasteiger partial charge in [0.15, 0.2) is 19.4 Å². The van der Waals surface area contributed by atoms with Crippen molar-refractivity contribution in [3.63, 3.8) is 0 Å². The van der Waals surface area contributed by atoms with Crippen molar-refractivity contribution in [2.24, 2.45) is 0 Å². The maximum atomic E-state index is 13.0. The van der Waals surface area contributed by atoms with Crippen molar-refractivity contribution in [2.75, 3.05) is 0 Å². The second-order valence-electron chi connectivity index (χ2n) is 7.05. The van der Waals surface area contributed by atoms with Crippen LogP contribution < -0.4 is 0 Å². The molecule has 0 N–H and O–H groups in total. The van der Waals surface area contributed by atoms with E-state index in [1.165, 1.54) is 0 Å². The van der Waals surface area contributed by atoms with Gasteiger partial charge in [-0.05, 0) is 52.2 Å². The summed E-state index contributed by atoms with van der Waals surface area (Å²) in [5, 5.41) is -1.30. The molecule has 0 saturated heterocycles. The van der Waals surface area contributed by atoms with E-state index >= 15 is 0 Å². The van der Waals surface area contributed by atoms with Gasteiger partial charge in [0, 0.05) is 12.0 Å². The average molecular weight is 364 g/mol. The molecule has 0 aliphatic carbocycles. The molecule has 0 spiro atoms. The number of benzene rings is 1. The molecule has 1 aromatic carbocycles. The van der Waals surface area contributed by atoms with Gasteiger partial charge in [0.05, 0.1) is 6.10 Å². The van der Waals surface area contributed by atoms with E-state index in [2.05, 4.69) is 0 Å². The standard InChI is InChI=1S/C20H29O4P/c1-7-8-9-20(25-23,19(22)24-13(2)3)12-17(21)18-15(5)10-14(4)11-16(18)6/h10-11,13H,7-9,12H2,1-6H3. The summed E-state index contributed by atoms with van der Waals surface area (Å²) in [4.78, 5) is 25.6. The second-order valence-corrected chi connectivity index (χ2v) is 8.09. The van der Waals surface area contributed by atoms with Crippen LogP contribution in [0.1, 0.15) is 73.5 Å². The fraction of sp³-hybridized carbons (Fsp3) is 0.600. The van der Waals surface area contributed by atoms with Gasteiger partial charge in [-0.3, -0.25) is 14.2 Å². The van der Waals surface area contributed by atoms with E-state index in [0.29, 0.717) is 18.4 Å². The largest absolute Gasteiger partial charge is 0.462 e. The molecule has 0 aliphatic heterocycles. The minimum atomic E-state index is -1.30. The highest BCUT2D eigenvalue weighted by Gasteiger charge is 2.43. The van der Waals surface area contributed by atoms with E-state index in [1.54, 1.807) is 13.8 Å². The van der Waals surface area contributed by atoms with E-state index in [9.17, 15) is 14.2 Å². The van der Waals surface area contributed by atoms with Crippen LogP contribution >= 0.6 is 8.46 Å². The minimum Gasteiger partial charge on any atom is -0.462 e. The Labute approximate surface area is 152 Å². The Kier molecular flexibility index (Phi) is 7.95. The average Bonchev–Trinajstić information content (AvgIpc) is 2.49. The summed E-state index contributed by atoms with van der Waals surface area (Å²) in [5.74, 6) is -0.710. The van der Waals surface area contributed by atoms with E-state index in [-0.39, 0.29) is 26.8 Å². The Morgan fingerprint density at radius 2 is 1.72 bits per heavy atom. The summed E-state index contributed by atoms with van der Waals surface area (Å²) in [5.41, 5.74) is 3.47. The van der Waals surface area contributed by atoms with Crippen LogP contribution in [0.5, 0.6) is 0 Å². The number of hydrogen-bond donors (Lipinski definition) is 0. The minimum absolute atomic E-state index is 0.103. The van der Waals surface area contributed by atoms with Crippen LogP contribution in [0.25, 0.3) is 0 Å². The van der Waals surface area contributed by atoms with Crippen molar-refractivity contribution in [3.05, 3.63) is 34.4 Å². The van der Waals surface area contributed by atoms with Crippen molar-refractivity contribution < 1.29 is 18.9 Å². The third-order valence-electron chi connectivity index (χ3n) is 4.25. The van der Waals surface area contributed by atoms with Crippen LogP contribution in [-0.4, -0.2) is 23.0 Å². The molecule has 0 fully saturated rings. The predicted octanol–water partition coefficient (Wildman–Crippen LogP) is 5.36. The summed E-state index contributed by atoms with van der Waals surface area (Å²) < 4.78 is 17.3. The van der Waals surface area contributed by atoms with Crippen LogP contribution in [0.2, 0.25) is 0 Å². The number of ether oxygens (including phenoxy) is 1. The Morgan fingerprint density at radius 1 is 1.16 bits per heavy atom. The first-order valence-corrected chi connectivity index (χ1v) is 9.64. The first-order valence-electron chi connectivity index (χ1n) is 8.83. The fourth-order valence-electron chi connectivity index (χ4n) is 3.14. The van der Waals surface area contributed by atoms with Gasteiger partial charge >= 0.3 is 5.97 Å². The molecule has 0 amide bonds. The Bertz CT molecular complexity index is 628. The molecule has 5 heteroatoms. The first kappa shape index (κ1) is 21.5. The van der Waals surface area contributed by atoms with Gasteiger partial charge in [-0.15, -0.1) is 0 Å². The molecule has 0 aromatic heterocycles. The molecule has 138 valence electrons. The number of hydrogen-bond acceptors (Lipinski definition) is 4. The second kappa shape index (κ2) is 9.24. The number of unbranched alkanes of at least 4 members (excludes halogenated alkanes) is 1. The highest BCUT2D eigenvalue weighted by Crippen LogP contribution is 2.37. The van der Waals surface area contributed by atoms with E-state index in [4.69, 9.17) is 4.74 Å². The molecule has 1 rings (SSSR count). The zero-order valence-corrected chi connectivity index (χ0v) is 17.0. The van der Waals surface area contributed by atoms with Crippen molar-refractivity contribution in [1.29, 1.82) is 0 Å². The van der Waals surface area contributed by atoms with Crippen LogP contribution in [0.3, 0.4) is 0 Å². The highest BCUT2D eigenvalue weighted by atomic mass is 31.1. The highest BCUT2D eigenvalue weighted by molar-refractivity contribution is 7.28. The summed E-state index contributed by atoms with van der Waals surface area (Å²) in [6.07, 6.45) is 1.52. The molecule has 25 heavy (non-hydrogen) atoms. The van der Waals surface area contributed by atoms with E-state index in [1.807, 2.05) is 39.8 Å². The predicted molar refractivity (Wildman–Crippen MR) is 101 cm³/mol. The normalized spacial score (nSPS) is 13.7. The van der Waals surface area contributed by atoms with Crippen LogP contribution in [-0.2, 0) is 14.1 Å². The molecule has 0 saturated carbocycles. The van der Waals surface area contributed by atoms with E-state index in [0.717, 1.165) is 23.1 Å². The van der Waals surface area contributed by atoms with Crippen molar-refractivity contribution >= 4 is 20.2 Å². The number of rotatable bonds is 9. The molecule has 0 heterocycles. The molecule has 0 bridgehead atoms.